The third-order valence-electron chi connectivity index (χ3n) is 4.85. The Bertz CT molecular complexity index is 1180. The van der Waals surface area contributed by atoms with Crippen molar-refractivity contribution < 1.29 is 21.4 Å². The number of hydrogen-bond acceptors (Lipinski definition) is 11. The van der Waals surface area contributed by atoms with Gasteiger partial charge in [0.05, 0.1) is 11.2 Å². The molecular weight excluding hydrogens is 472 g/mol. The monoisotopic (exact) mass is 500 g/mol. The lowest BCUT2D eigenvalue weighted by molar-refractivity contribution is 0.261. The summed E-state index contributed by atoms with van der Waals surface area (Å²) in [6.07, 6.45) is 1.14. The summed E-state index contributed by atoms with van der Waals surface area (Å²) in [7, 11) is -3.94. The predicted octanol–water partition coefficient (Wildman–Crippen LogP) is -0.401. The first-order valence-electron chi connectivity index (χ1n) is 10.1. The molecule has 0 bridgehead atoms. The summed E-state index contributed by atoms with van der Waals surface area (Å²) in [4.78, 5) is 19.0. The smallest absolute Gasteiger partial charge is 0.294 e. The molecule has 0 aliphatic carbocycles. The predicted molar refractivity (Wildman–Crippen MR) is 125 cm³/mol. The fourth-order valence-corrected chi connectivity index (χ4v) is 4.16. The van der Waals surface area contributed by atoms with Crippen LogP contribution in [-0.4, -0.2) is 101 Å². The van der Waals surface area contributed by atoms with E-state index in [1.165, 1.54) is 18.2 Å². The van der Waals surface area contributed by atoms with E-state index < -0.39 is 20.1 Å². The summed E-state index contributed by atoms with van der Waals surface area (Å²) in [5.74, 6) is 1.13. The molecule has 2 aromatic rings. The molecule has 1 aromatic heterocycles. The van der Waals surface area contributed by atoms with Crippen LogP contribution in [-0.2, 0) is 20.1 Å². The summed E-state index contributed by atoms with van der Waals surface area (Å²) >= 11 is 0. The van der Waals surface area contributed by atoms with Crippen molar-refractivity contribution in [1.82, 2.24) is 24.6 Å². The van der Waals surface area contributed by atoms with Crippen molar-refractivity contribution in [1.29, 1.82) is 0 Å². The minimum atomic E-state index is -4.34. The van der Waals surface area contributed by atoms with Crippen molar-refractivity contribution in [2.45, 2.75) is 4.90 Å². The molecule has 15 heteroatoms. The van der Waals surface area contributed by atoms with Crippen molar-refractivity contribution >= 4 is 43.7 Å². The molecule has 182 valence electrons. The van der Waals surface area contributed by atoms with Crippen LogP contribution in [0, 0.1) is 0 Å². The van der Waals surface area contributed by atoms with E-state index >= 15 is 0 Å². The number of nitrogens with zero attached hydrogens (tertiary/aromatic N) is 6. The highest BCUT2D eigenvalue weighted by molar-refractivity contribution is 7.88. The standard InChI is InChI=1S/C18H28N8O5S2/c1-24(2)17-21-16(20-14-5-4-6-15(13-14)33(29,30)31)22-18(23-17)26-11-9-25(10-12-26)8-7-19-32(3,27)28/h4-6,13,19H,7-12H2,1-3H3,(H,29,30,31)(H,20,21,22,23). The quantitative estimate of drug-likeness (QED) is 0.383. The molecule has 0 radical (unpaired) electrons. The van der Waals surface area contributed by atoms with Crippen LogP contribution in [0.5, 0.6) is 0 Å². The molecule has 3 rings (SSSR count). The maximum Gasteiger partial charge on any atom is 0.294 e. The van der Waals surface area contributed by atoms with Gasteiger partial charge >= 0.3 is 0 Å². The van der Waals surface area contributed by atoms with Crippen LogP contribution in [0.4, 0.5) is 23.5 Å². The van der Waals surface area contributed by atoms with Crippen molar-refractivity contribution in [2.24, 2.45) is 0 Å². The number of nitrogens with one attached hydrogen (secondary N) is 2. The second-order valence-electron chi connectivity index (χ2n) is 7.78. The molecule has 13 nitrogen and oxygen atoms in total. The molecule has 1 aliphatic rings. The molecule has 1 fully saturated rings. The molecule has 1 aliphatic heterocycles. The Hall–Kier alpha value is -2.59. The number of aromatic nitrogens is 3. The number of sulfonamides is 1. The SMILES string of the molecule is CN(C)c1nc(Nc2cccc(S(=O)(=O)O)c2)nc(N2CCN(CCNS(C)(=O)=O)CC2)n1. The average Bonchev–Trinajstić information content (AvgIpc) is 2.73. The van der Waals surface area contributed by atoms with Crippen LogP contribution in [0.25, 0.3) is 0 Å². The fourth-order valence-electron chi connectivity index (χ4n) is 3.18. The Labute approximate surface area is 193 Å². The van der Waals surface area contributed by atoms with Gasteiger partial charge in [0.2, 0.25) is 27.9 Å². The molecule has 0 spiro atoms. The molecule has 0 saturated carbocycles. The lowest BCUT2D eigenvalue weighted by Gasteiger charge is -2.34. The highest BCUT2D eigenvalue weighted by Crippen LogP contribution is 2.22. The van der Waals surface area contributed by atoms with Crippen LogP contribution >= 0.6 is 0 Å². The van der Waals surface area contributed by atoms with Gasteiger partial charge in [-0.3, -0.25) is 9.45 Å². The second kappa shape index (κ2) is 10.1. The lowest BCUT2D eigenvalue weighted by Crippen LogP contribution is -2.49. The van der Waals surface area contributed by atoms with Crippen molar-refractivity contribution in [3.63, 3.8) is 0 Å². The molecule has 2 heterocycles. The molecule has 1 saturated heterocycles. The highest BCUT2D eigenvalue weighted by Gasteiger charge is 2.21. The number of anilines is 4. The van der Waals surface area contributed by atoms with Crippen LogP contribution in [0.15, 0.2) is 29.2 Å². The second-order valence-corrected chi connectivity index (χ2v) is 11.0. The van der Waals surface area contributed by atoms with Gasteiger partial charge in [-0.25, -0.2) is 13.1 Å². The molecule has 3 N–H and O–H groups in total. The summed E-state index contributed by atoms with van der Waals surface area (Å²) in [6, 6.07) is 5.71. The van der Waals surface area contributed by atoms with Crippen LogP contribution in [0.3, 0.4) is 0 Å². The highest BCUT2D eigenvalue weighted by atomic mass is 32.2. The Balaban J connectivity index is 1.72. The van der Waals surface area contributed by atoms with Gasteiger partial charge in [0.25, 0.3) is 10.1 Å². The van der Waals surface area contributed by atoms with Crippen molar-refractivity contribution in [2.75, 3.05) is 74.7 Å². The molecule has 1 aromatic carbocycles. The zero-order valence-electron chi connectivity index (χ0n) is 18.6. The van der Waals surface area contributed by atoms with Gasteiger partial charge in [0.15, 0.2) is 0 Å². The van der Waals surface area contributed by atoms with Gasteiger partial charge in [-0.1, -0.05) is 6.07 Å². The Kier molecular flexibility index (Phi) is 7.69. The van der Waals surface area contributed by atoms with E-state index in [9.17, 15) is 21.4 Å². The van der Waals surface area contributed by atoms with E-state index in [0.29, 0.717) is 56.9 Å². The van der Waals surface area contributed by atoms with E-state index in [4.69, 9.17) is 0 Å². The Morgan fingerprint density at radius 2 is 1.76 bits per heavy atom. The van der Waals surface area contributed by atoms with Gasteiger partial charge < -0.3 is 15.1 Å². The Morgan fingerprint density at radius 1 is 1.06 bits per heavy atom. The number of hydrogen-bond donors (Lipinski definition) is 3. The van der Waals surface area contributed by atoms with Gasteiger partial charge in [0, 0.05) is 59.1 Å². The largest absolute Gasteiger partial charge is 0.347 e. The summed E-state index contributed by atoms with van der Waals surface area (Å²) in [5, 5.41) is 2.98. The summed E-state index contributed by atoms with van der Waals surface area (Å²) in [5.41, 5.74) is 0.398. The van der Waals surface area contributed by atoms with Crippen LogP contribution < -0.4 is 19.8 Å². The topological polar surface area (TPSA) is 161 Å². The van der Waals surface area contributed by atoms with E-state index in [1.54, 1.807) is 25.1 Å². The van der Waals surface area contributed by atoms with Gasteiger partial charge in [0.1, 0.15) is 0 Å². The number of benzene rings is 1. The first kappa shape index (κ1) is 25.0. The van der Waals surface area contributed by atoms with E-state index in [1.807, 2.05) is 4.90 Å². The van der Waals surface area contributed by atoms with Crippen LogP contribution in [0.2, 0.25) is 0 Å². The Morgan fingerprint density at radius 3 is 2.36 bits per heavy atom. The third-order valence-corrected chi connectivity index (χ3v) is 6.43. The maximum atomic E-state index is 11.4. The van der Waals surface area contributed by atoms with Crippen LogP contribution in [0.1, 0.15) is 0 Å². The van der Waals surface area contributed by atoms with E-state index in [0.717, 1.165) is 6.26 Å². The van der Waals surface area contributed by atoms with E-state index in [2.05, 4.69) is 29.9 Å². The van der Waals surface area contributed by atoms with Gasteiger partial charge in [-0.2, -0.15) is 23.4 Å². The summed E-state index contributed by atoms with van der Waals surface area (Å²) < 4.78 is 57.0. The molecule has 0 unspecified atom stereocenters. The molecule has 0 amide bonds. The van der Waals surface area contributed by atoms with E-state index in [-0.39, 0.29) is 10.8 Å². The minimum Gasteiger partial charge on any atom is -0.347 e. The average molecular weight is 501 g/mol. The summed E-state index contributed by atoms with van der Waals surface area (Å²) in [6.45, 7) is 3.69. The van der Waals surface area contributed by atoms with Crippen molar-refractivity contribution in [3.05, 3.63) is 24.3 Å². The normalized spacial score (nSPS) is 15.5. The zero-order chi connectivity index (χ0) is 24.2. The number of rotatable bonds is 9. The lowest BCUT2D eigenvalue weighted by atomic mass is 10.3. The zero-order valence-corrected chi connectivity index (χ0v) is 20.3. The third kappa shape index (κ3) is 7.46. The first-order valence-corrected chi connectivity index (χ1v) is 13.4. The molecular formula is C18H28N8O5S2. The first-order chi connectivity index (χ1) is 15.4. The fraction of sp³-hybridized carbons (Fsp3) is 0.500. The molecule has 0 atom stereocenters. The van der Waals surface area contributed by atoms with Gasteiger partial charge in [-0.05, 0) is 18.2 Å². The minimum absolute atomic E-state index is 0.232. The van der Waals surface area contributed by atoms with Gasteiger partial charge in [-0.15, -0.1) is 0 Å². The molecule has 33 heavy (non-hydrogen) atoms. The maximum absolute atomic E-state index is 11.4. The van der Waals surface area contributed by atoms with Crippen molar-refractivity contribution in [3.8, 4) is 0 Å². The number of piperazine rings is 1.